The highest BCUT2D eigenvalue weighted by Crippen LogP contribution is 2.10. The molecule has 0 radical (unpaired) electrons. The van der Waals surface area contributed by atoms with Gasteiger partial charge in [-0.25, -0.2) is 0 Å². The zero-order chi connectivity index (χ0) is 11.5. The van der Waals surface area contributed by atoms with Gasteiger partial charge < -0.3 is 21.3 Å². The normalized spacial score (nSPS) is 45.6. The minimum absolute atomic E-state index is 0.572. The lowest BCUT2D eigenvalue weighted by molar-refractivity contribution is 0.238. The second-order valence-corrected chi connectivity index (χ2v) is 5.53. The molecule has 4 nitrogen and oxygen atoms in total. The van der Waals surface area contributed by atoms with Crippen LogP contribution in [0.1, 0.15) is 27.2 Å². The standard InChI is InChI=1S/C12H26N4/c1-8-5-13-7-11(16-8)4-12-10(3)15-9(2)6-14-12/h8-16H,4-7H2,1-3H3/t8-,9-,10+,11+,12?/m0/s1. The summed E-state index contributed by atoms with van der Waals surface area (Å²) in [6, 6.07) is 2.98. The molecule has 0 amide bonds. The molecule has 94 valence electrons. The Morgan fingerprint density at radius 3 is 2.38 bits per heavy atom. The molecule has 2 rings (SSSR count). The summed E-state index contributed by atoms with van der Waals surface area (Å²) in [5.41, 5.74) is 0. The Morgan fingerprint density at radius 2 is 1.69 bits per heavy atom. The molecule has 16 heavy (non-hydrogen) atoms. The lowest BCUT2D eigenvalue weighted by Gasteiger charge is -2.39. The molecule has 2 aliphatic rings. The Bertz CT molecular complexity index is 221. The van der Waals surface area contributed by atoms with Crippen molar-refractivity contribution in [1.82, 2.24) is 21.3 Å². The van der Waals surface area contributed by atoms with Crippen LogP contribution in [0.2, 0.25) is 0 Å². The van der Waals surface area contributed by atoms with E-state index in [4.69, 9.17) is 0 Å². The first-order valence-electron chi connectivity index (χ1n) is 6.61. The summed E-state index contributed by atoms with van der Waals surface area (Å²) in [6.45, 7) is 10.1. The van der Waals surface area contributed by atoms with Crippen molar-refractivity contribution in [3.05, 3.63) is 0 Å². The Balaban J connectivity index is 1.80. The summed E-state index contributed by atoms with van der Waals surface area (Å²) >= 11 is 0. The number of hydrogen-bond acceptors (Lipinski definition) is 4. The fraction of sp³-hybridized carbons (Fsp3) is 1.00. The van der Waals surface area contributed by atoms with Gasteiger partial charge in [0.25, 0.3) is 0 Å². The van der Waals surface area contributed by atoms with E-state index in [1.54, 1.807) is 0 Å². The molecule has 2 heterocycles. The second kappa shape index (κ2) is 5.45. The Labute approximate surface area is 98.9 Å². The predicted octanol–water partition coefficient (Wildman–Crippen LogP) is -0.335. The van der Waals surface area contributed by atoms with Crippen molar-refractivity contribution < 1.29 is 0 Å². The number of hydrogen-bond donors (Lipinski definition) is 4. The Kier molecular flexibility index (Phi) is 4.19. The minimum atomic E-state index is 0.572. The molecule has 2 saturated heterocycles. The Morgan fingerprint density at radius 1 is 0.938 bits per heavy atom. The van der Waals surface area contributed by atoms with Crippen LogP contribution in [0.15, 0.2) is 0 Å². The summed E-state index contributed by atoms with van der Waals surface area (Å²) in [7, 11) is 0. The number of rotatable bonds is 2. The van der Waals surface area contributed by atoms with Crippen molar-refractivity contribution in [3.63, 3.8) is 0 Å². The van der Waals surface area contributed by atoms with Gasteiger partial charge in [-0.2, -0.15) is 0 Å². The molecule has 4 N–H and O–H groups in total. The molecule has 0 aromatic carbocycles. The van der Waals surface area contributed by atoms with Crippen LogP contribution >= 0.6 is 0 Å². The van der Waals surface area contributed by atoms with Gasteiger partial charge in [0.15, 0.2) is 0 Å². The molecular formula is C12H26N4. The van der Waals surface area contributed by atoms with Crippen LogP contribution in [0, 0.1) is 0 Å². The number of piperazine rings is 2. The monoisotopic (exact) mass is 226 g/mol. The minimum Gasteiger partial charge on any atom is -0.314 e. The maximum Gasteiger partial charge on any atom is 0.0234 e. The van der Waals surface area contributed by atoms with Crippen LogP contribution in [0.3, 0.4) is 0 Å². The van der Waals surface area contributed by atoms with Gasteiger partial charge in [-0.05, 0) is 27.2 Å². The second-order valence-electron chi connectivity index (χ2n) is 5.53. The van der Waals surface area contributed by atoms with E-state index in [1.165, 1.54) is 6.42 Å². The third kappa shape index (κ3) is 3.17. The van der Waals surface area contributed by atoms with E-state index < -0.39 is 0 Å². The predicted molar refractivity (Wildman–Crippen MR) is 67.7 cm³/mol. The molecule has 0 aromatic heterocycles. The van der Waals surface area contributed by atoms with Crippen LogP contribution in [-0.2, 0) is 0 Å². The maximum atomic E-state index is 3.67. The van der Waals surface area contributed by atoms with Gasteiger partial charge in [-0.3, -0.25) is 0 Å². The summed E-state index contributed by atoms with van der Waals surface area (Å²) < 4.78 is 0. The summed E-state index contributed by atoms with van der Waals surface area (Å²) in [6.07, 6.45) is 1.21. The first-order chi connectivity index (χ1) is 7.65. The van der Waals surface area contributed by atoms with Gasteiger partial charge in [-0.15, -0.1) is 0 Å². The van der Waals surface area contributed by atoms with E-state index in [2.05, 4.69) is 42.0 Å². The summed E-state index contributed by atoms with van der Waals surface area (Å²) in [4.78, 5) is 0. The molecule has 0 aliphatic carbocycles. The first-order valence-corrected chi connectivity index (χ1v) is 6.61. The highest BCUT2D eigenvalue weighted by Gasteiger charge is 2.28. The molecule has 0 bridgehead atoms. The van der Waals surface area contributed by atoms with Gasteiger partial charge in [-0.1, -0.05) is 0 Å². The van der Waals surface area contributed by atoms with Crippen LogP contribution in [0.5, 0.6) is 0 Å². The van der Waals surface area contributed by atoms with E-state index in [9.17, 15) is 0 Å². The number of nitrogens with one attached hydrogen (secondary N) is 4. The zero-order valence-corrected chi connectivity index (χ0v) is 10.7. The molecule has 0 aromatic rings. The fourth-order valence-electron chi connectivity index (χ4n) is 2.87. The fourth-order valence-corrected chi connectivity index (χ4v) is 2.87. The average Bonchev–Trinajstić information content (AvgIpc) is 2.22. The van der Waals surface area contributed by atoms with Crippen molar-refractivity contribution in [2.24, 2.45) is 0 Å². The van der Waals surface area contributed by atoms with E-state index in [1.807, 2.05) is 0 Å². The highest BCUT2D eigenvalue weighted by molar-refractivity contribution is 4.92. The SMILES string of the molecule is C[C@H]1CNC[C@@H](CC2NC[C@H](C)N[C@@H]2C)N1. The summed E-state index contributed by atoms with van der Waals surface area (Å²) in [5.74, 6) is 0. The van der Waals surface area contributed by atoms with Crippen molar-refractivity contribution >= 4 is 0 Å². The van der Waals surface area contributed by atoms with Crippen molar-refractivity contribution in [2.75, 3.05) is 19.6 Å². The van der Waals surface area contributed by atoms with Crippen LogP contribution < -0.4 is 21.3 Å². The largest absolute Gasteiger partial charge is 0.314 e. The molecule has 5 atom stereocenters. The first kappa shape index (κ1) is 12.3. The summed E-state index contributed by atoms with van der Waals surface area (Å²) in [5, 5.41) is 14.4. The molecule has 1 unspecified atom stereocenters. The molecule has 2 aliphatic heterocycles. The van der Waals surface area contributed by atoms with Crippen LogP contribution in [0.4, 0.5) is 0 Å². The van der Waals surface area contributed by atoms with Gasteiger partial charge in [0.2, 0.25) is 0 Å². The lowest BCUT2D eigenvalue weighted by atomic mass is 9.96. The van der Waals surface area contributed by atoms with Crippen LogP contribution in [-0.4, -0.2) is 49.8 Å². The van der Waals surface area contributed by atoms with E-state index in [0.717, 1.165) is 19.6 Å². The Hall–Kier alpha value is -0.160. The third-order valence-electron chi connectivity index (χ3n) is 3.74. The topological polar surface area (TPSA) is 48.1 Å². The third-order valence-corrected chi connectivity index (χ3v) is 3.74. The quantitative estimate of drug-likeness (QED) is 0.520. The van der Waals surface area contributed by atoms with E-state index in [-0.39, 0.29) is 0 Å². The zero-order valence-electron chi connectivity index (χ0n) is 10.7. The average molecular weight is 226 g/mol. The van der Waals surface area contributed by atoms with Crippen molar-refractivity contribution in [1.29, 1.82) is 0 Å². The van der Waals surface area contributed by atoms with E-state index >= 15 is 0 Å². The van der Waals surface area contributed by atoms with Gasteiger partial charge in [0.1, 0.15) is 0 Å². The van der Waals surface area contributed by atoms with Gasteiger partial charge in [0, 0.05) is 49.8 Å². The highest BCUT2D eigenvalue weighted by atomic mass is 15.1. The van der Waals surface area contributed by atoms with Crippen molar-refractivity contribution in [3.8, 4) is 0 Å². The molecule has 4 heteroatoms. The molecule has 0 spiro atoms. The molecule has 2 fully saturated rings. The lowest BCUT2D eigenvalue weighted by Crippen LogP contribution is -2.62. The van der Waals surface area contributed by atoms with Crippen molar-refractivity contribution in [2.45, 2.75) is 57.4 Å². The van der Waals surface area contributed by atoms with Gasteiger partial charge in [0.05, 0.1) is 0 Å². The van der Waals surface area contributed by atoms with Gasteiger partial charge >= 0.3 is 0 Å². The maximum absolute atomic E-state index is 3.67. The molecular weight excluding hydrogens is 200 g/mol. The molecule has 0 saturated carbocycles. The smallest absolute Gasteiger partial charge is 0.0234 e. The van der Waals surface area contributed by atoms with Crippen LogP contribution in [0.25, 0.3) is 0 Å². The van der Waals surface area contributed by atoms with E-state index in [0.29, 0.717) is 30.2 Å².